The van der Waals surface area contributed by atoms with Gasteiger partial charge in [-0.1, -0.05) is 57.2 Å². The number of hydrogen-bond acceptors (Lipinski definition) is 4. The molecular weight excluding hydrogens is 360 g/mol. The number of aromatic nitrogens is 2. The highest BCUT2D eigenvalue weighted by Gasteiger charge is 2.20. The Labute approximate surface area is 169 Å². The van der Waals surface area contributed by atoms with Crippen molar-refractivity contribution in [1.82, 2.24) is 9.97 Å². The van der Waals surface area contributed by atoms with Gasteiger partial charge in [0.25, 0.3) is 0 Å². The summed E-state index contributed by atoms with van der Waals surface area (Å²) in [4.78, 5) is 21.9. The van der Waals surface area contributed by atoms with Crippen LogP contribution < -0.4 is 0 Å². The summed E-state index contributed by atoms with van der Waals surface area (Å²) in [6, 6.07) is 19.2. The highest BCUT2D eigenvalue weighted by molar-refractivity contribution is 6.31. The molecule has 144 valence electrons. The minimum atomic E-state index is -0.176. The molecule has 4 aromatic rings. The van der Waals surface area contributed by atoms with Crippen molar-refractivity contribution in [3.8, 4) is 0 Å². The second-order valence-electron chi connectivity index (χ2n) is 7.99. The predicted octanol–water partition coefficient (Wildman–Crippen LogP) is 5.94. The second kappa shape index (κ2) is 7.47. The number of carbonyl (C=O) groups excluding carboxylic acids is 1. The van der Waals surface area contributed by atoms with Crippen LogP contribution in [0.3, 0.4) is 0 Å². The Kier molecular flexibility index (Phi) is 4.85. The van der Waals surface area contributed by atoms with Crippen molar-refractivity contribution in [2.45, 2.75) is 26.2 Å². The van der Waals surface area contributed by atoms with E-state index in [9.17, 15) is 4.79 Å². The lowest BCUT2D eigenvalue weighted by Gasteiger charge is -2.18. The van der Waals surface area contributed by atoms with Crippen LogP contribution in [-0.4, -0.2) is 15.8 Å². The molecule has 0 saturated carbocycles. The number of oxazole rings is 1. The van der Waals surface area contributed by atoms with Crippen molar-refractivity contribution in [2.24, 2.45) is 0 Å². The molecule has 4 rings (SSSR count). The monoisotopic (exact) mass is 382 g/mol. The highest BCUT2D eigenvalue weighted by Crippen LogP contribution is 2.27. The molecule has 0 atom stereocenters. The van der Waals surface area contributed by atoms with Crippen LogP contribution in [0.2, 0.25) is 0 Å². The summed E-state index contributed by atoms with van der Waals surface area (Å²) in [7, 11) is 0. The average molecular weight is 382 g/mol. The molecule has 4 heteroatoms. The largest absolute Gasteiger partial charge is 0.436 e. The van der Waals surface area contributed by atoms with Gasteiger partial charge in [0.2, 0.25) is 5.89 Å². The molecular formula is C25H22N2O2. The van der Waals surface area contributed by atoms with Crippen LogP contribution >= 0.6 is 0 Å². The molecule has 0 saturated heterocycles. The van der Waals surface area contributed by atoms with Crippen molar-refractivity contribution in [3.05, 3.63) is 95.6 Å². The zero-order valence-corrected chi connectivity index (χ0v) is 16.7. The lowest BCUT2D eigenvalue weighted by atomic mass is 9.86. The number of ketones is 1. The molecule has 4 nitrogen and oxygen atoms in total. The summed E-state index contributed by atoms with van der Waals surface area (Å²) in [5.41, 5.74) is 4.47. The number of allylic oxidation sites excluding steroid dienone is 1. The lowest BCUT2D eigenvalue weighted by Crippen LogP contribution is -2.10. The van der Waals surface area contributed by atoms with Gasteiger partial charge in [0.1, 0.15) is 5.52 Å². The number of Topliss-reactive ketones (excluding diaryl/α,β-unsaturated/α-hetero) is 1. The first kappa shape index (κ1) is 18.8. The van der Waals surface area contributed by atoms with Gasteiger partial charge in [-0.2, -0.15) is 0 Å². The summed E-state index contributed by atoms with van der Waals surface area (Å²) >= 11 is 0. The Bertz CT molecular complexity index is 1150. The molecule has 2 aromatic carbocycles. The Morgan fingerprint density at radius 2 is 1.72 bits per heavy atom. The van der Waals surface area contributed by atoms with Gasteiger partial charge >= 0.3 is 0 Å². The van der Waals surface area contributed by atoms with Crippen LogP contribution in [0.1, 0.15) is 48.1 Å². The Balaban J connectivity index is 1.81. The molecule has 0 radical (unpaired) electrons. The topological polar surface area (TPSA) is 56.0 Å². The standard InChI is InChI=1S/C25H22N2O2/c1-25(2,3)19-12-10-17(11-13-19)15-20(23(28)18-7-6-14-26-16-18)24-27-21-8-4-5-9-22(21)29-24/h4-16H,1-3H3/b20-15+. The number of carbonyl (C=O) groups is 1. The SMILES string of the molecule is CC(C)(C)c1ccc(/C=C(\C(=O)c2cccnc2)c2nc3ccccc3o2)cc1. The molecule has 2 heterocycles. The van der Waals surface area contributed by atoms with Crippen molar-refractivity contribution in [1.29, 1.82) is 0 Å². The van der Waals surface area contributed by atoms with E-state index in [2.05, 4.69) is 42.9 Å². The van der Waals surface area contributed by atoms with E-state index in [1.165, 1.54) is 5.56 Å². The van der Waals surface area contributed by atoms with Gasteiger partial charge in [0, 0.05) is 18.0 Å². The molecule has 29 heavy (non-hydrogen) atoms. The van der Waals surface area contributed by atoms with Gasteiger partial charge in [-0.05, 0) is 46.9 Å². The first-order chi connectivity index (χ1) is 13.9. The summed E-state index contributed by atoms with van der Waals surface area (Å²) in [5.74, 6) is 0.129. The average Bonchev–Trinajstić information content (AvgIpc) is 3.16. The van der Waals surface area contributed by atoms with E-state index in [0.717, 1.165) is 11.1 Å². The Morgan fingerprint density at radius 3 is 2.38 bits per heavy atom. The minimum absolute atomic E-state index is 0.0664. The van der Waals surface area contributed by atoms with Gasteiger partial charge in [-0.15, -0.1) is 0 Å². The predicted molar refractivity (Wildman–Crippen MR) is 116 cm³/mol. The molecule has 0 spiro atoms. The number of benzene rings is 2. The molecule has 0 N–H and O–H groups in total. The van der Waals surface area contributed by atoms with Gasteiger partial charge < -0.3 is 4.42 Å². The third-order valence-corrected chi connectivity index (χ3v) is 4.78. The fourth-order valence-corrected chi connectivity index (χ4v) is 3.11. The maximum atomic E-state index is 13.2. The Morgan fingerprint density at radius 1 is 0.966 bits per heavy atom. The van der Waals surface area contributed by atoms with Crippen molar-refractivity contribution < 1.29 is 9.21 Å². The fourth-order valence-electron chi connectivity index (χ4n) is 3.11. The molecule has 0 aliphatic carbocycles. The van der Waals surface area contributed by atoms with Crippen molar-refractivity contribution in [3.63, 3.8) is 0 Å². The molecule has 0 aliphatic heterocycles. The van der Waals surface area contributed by atoms with Crippen LogP contribution in [0.5, 0.6) is 0 Å². The van der Waals surface area contributed by atoms with E-state index in [0.29, 0.717) is 22.6 Å². The van der Waals surface area contributed by atoms with Crippen LogP contribution in [0.25, 0.3) is 22.7 Å². The number of pyridine rings is 1. The number of hydrogen-bond donors (Lipinski definition) is 0. The van der Waals surface area contributed by atoms with Gasteiger partial charge in [0.05, 0.1) is 5.57 Å². The maximum absolute atomic E-state index is 13.2. The summed E-state index contributed by atoms with van der Waals surface area (Å²) in [5, 5.41) is 0. The first-order valence-electron chi connectivity index (χ1n) is 9.55. The van der Waals surface area contributed by atoms with E-state index in [4.69, 9.17) is 4.42 Å². The molecule has 0 amide bonds. The molecule has 0 aliphatic rings. The van der Waals surface area contributed by atoms with Gasteiger partial charge in [0.15, 0.2) is 11.4 Å². The zero-order chi connectivity index (χ0) is 20.4. The van der Waals surface area contributed by atoms with Crippen LogP contribution in [-0.2, 0) is 5.41 Å². The van der Waals surface area contributed by atoms with Gasteiger partial charge in [-0.25, -0.2) is 4.98 Å². The number of para-hydroxylation sites is 2. The molecule has 0 unspecified atom stereocenters. The quantitative estimate of drug-likeness (QED) is 0.323. The second-order valence-corrected chi connectivity index (χ2v) is 7.99. The van der Waals surface area contributed by atoms with Crippen LogP contribution in [0, 0.1) is 0 Å². The van der Waals surface area contributed by atoms with E-state index in [-0.39, 0.29) is 11.2 Å². The first-order valence-corrected chi connectivity index (χ1v) is 9.55. The minimum Gasteiger partial charge on any atom is -0.436 e. The van der Waals surface area contributed by atoms with Crippen molar-refractivity contribution in [2.75, 3.05) is 0 Å². The summed E-state index contributed by atoms with van der Waals surface area (Å²) in [6.07, 6.45) is 5.03. The van der Waals surface area contributed by atoms with Crippen LogP contribution in [0.4, 0.5) is 0 Å². The smallest absolute Gasteiger partial charge is 0.231 e. The van der Waals surface area contributed by atoms with E-state index >= 15 is 0 Å². The summed E-state index contributed by atoms with van der Waals surface area (Å²) < 4.78 is 5.90. The number of nitrogens with zero attached hydrogens (tertiary/aromatic N) is 2. The Hall–Kier alpha value is -3.53. The lowest BCUT2D eigenvalue weighted by molar-refractivity contribution is 0.105. The fraction of sp³-hybridized carbons (Fsp3) is 0.160. The molecule has 0 fully saturated rings. The normalized spacial score (nSPS) is 12.3. The number of rotatable bonds is 4. The highest BCUT2D eigenvalue weighted by atomic mass is 16.3. The summed E-state index contributed by atoms with van der Waals surface area (Å²) in [6.45, 7) is 6.52. The zero-order valence-electron chi connectivity index (χ0n) is 16.7. The van der Waals surface area contributed by atoms with E-state index < -0.39 is 0 Å². The molecule has 2 aromatic heterocycles. The van der Waals surface area contributed by atoms with Crippen LogP contribution in [0.15, 0.2) is 77.5 Å². The van der Waals surface area contributed by atoms with Gasteiger partial charge in [-0.3, -0.25) is 9.78 Å². The third kappa shape index (κ3) is 4.02. The van der Waals surface area contributed by atoms with E-state index in [1.54, 1.807) is 24.5 Å². The molecule has 0 bridgehead atoms. The van der Waals surface area contributed by atoms with E-state index in [1.807, 2.05) is 42.5 Å². The number of fused-ring (bicyclic) bond motifs is 1. The third-order valence-electron chi connectivity index (χ3n) is 4.78. The maximum Gasteiger partial charge on any atom is 0.231 e. The van der Waals surface area contributed by atoms with Crippen molar-refractivity contribution >= 4 is 28.5 Å².